The molecule has 0 bridgehead atoms. The average molecular weight is 332 g/mol. The van der Waals surface area contributed by atoms with Gasteiger partial charge < -0.3 is 4.90 Å². The topological polar surface area (TPSA) is 60.2 Å². The summed E-state index contributed by atoms with van der Waals surface area (Å²) < 4.78 is 0. The predicted octanol–water partition coefficient (Wildman–Crippen LogP) is 2.51. The summed E-state index contributed by atoms with van der Waals surface area (Å²) >= 11 is 1.70. The minimum atomic E-state index is -0.908. The highest BCUT2D eigenvalue weighted by Gasteiger charge is 2.57. The fraction of sp³-hybridized carbons (Fsp3) is 0.706. The van der Waals surface area contributed by atoms with E-state index in [9.17, 15) is 4.79 Å². The lowest BCUT2D eigenvalue weighted by atomic mass is 9.88. The van der Waals surface area contributed by atoms with Crippen LogP contribution >= 0.6 is 11.3 Å². The molecule has 0 aromatic carbocycles. The molecule has 1 unspecified atom stereocenters. The Labute approximate surface area is 141 Å². The molecule has 1 spiro atoms. The molecule has 124 valence electrons. The molecule has 5 nitrogen and oxygen atoms in total. The van der Waals surface area contributed by atoms with E-state index >= 15 is 0 Å². The number of hydrogen-bond acceptors (Lipinski definition) is 5. The van der Waals surface area contributed by atoms with E-state index in [1.807, 2.05) is 16.5 Å². The van der Waals surface area contributed by atoms with Gasteiger partial charge in [0.05, 0.1) is 12.6 Å². The van der Waals surface area contributed by atoms with Crippen LogP contribution in [0.3, 0.4) is 0 Å². The minimum absolute atomic E-state index is 0.0248. The van der Waals surface area contributed by atoms with Crippen LogP contribution in [0.1, 0.15) is 38.1 Å². The molecule has 1 aromatic rings. The number of hydrogen-bond donors (Lipinski definition) is 0. The van der Waals surface area contributed by atoms with Gasteiger partial charge in [-0.25, -0.2) is 4.98 Å². The van der Waals surface area contributed by atoms with Gasteiger partial charge in [0.25, 0.3) is 0 Å². The predicted molar refractivity (Wildman–Crippen MR) is 89.6 cm³/mol. The molecule has 1 aromatic heterocycles. The van der Waals surface area contributed by atoms with Crippen molar-refractivity contribution in [3.05, 3.63) is 16.6 Å². The Bertz CT molecular complexity index is 611. The van der Waals surface area contributed by atoms with Gasteiger partial charge in [-0.2, -0.15) is 5.26 Å². The van der Waals surface area contributed by atoms with E-state index in [4.69, 9.17) is 5.26 Å². The molecule has 3 rings (SSSR count). The molecule has 1 saturated carbocycles. The molecular weight excluding hydrogens is 308 g/mol. The quantitative estimate of drug-likeness (QED) is 0.850. The van der Waals surface area contributed by atoms with Gasteiger partial charge in [-0.3, -0.25) is 9.69 Å². The Hall–Kier alpha value is -1.45. The van der Waals surface area contributed by atoms with Crippen molar-refractivity contribution in [2.45, 2.75) is 45.7 Å². The van der Waals surface area contributed by atoms with E-state index in [-0.39, 0.29) is 5.91 Å². The molecule has 1 saturated heterocycles. The first-order chi connectivity index (χ1) is 10.9. The van der Waals surface area contributed by atoms with Crippen LogP contribution < -0.4 is 0 Å². The Morgan fingerprint density at radius 2 is 2.26 bits per heavy atom. The van der Waals surface area contributed by atoms with E-state index in [2.05, 4.69) is 23.0 Å². The standard InChI is InChI=1S/C17H24N4OS/c1-16(2,12-18)15(22)21-7-4-17(5-8-21)10-13(17)20(3)11-14-19-6-9-23-14/h6,9,13H,4-5,7-8,10-11H2,1-3H3. The van der Waals surface area contributed by atoms with Gasteiger partial charge in [-0.1, -0.05) is 0 Å². The van der Waals surface area contributed by atoms with Crippen LogP contribution in [0.15, 0.2) is 11.6 Å². The van der Waals surface area contributed by atoms with Crippen molar-refractivity contribution in [2.24, 2.45) is 10.8 Å². The molecule has 2 aliphatic rings. The SMILES string of the molecule is CN(Cc1nccs1)C1CC12CCN(C(=O)C(C)(C)C#N)CC2. The second kappa shape index (κ2) is 5.88. The molecule has 1 atom stereocenters. The largest absolute Gasteiger partial charge is 0.341 e. The molecule has 1 aliphatic carbocycles. The zero-order valence-electron chi connectivity index (χ0n) is 14.1. The molecule has 1 aliphatic heterocycles. The molecule has 0 radical (unpaired) electrons. The number of piperidine rings is 1. The number of nitrogens with zero attached hydrogens (tertiary/aromatic N) is 4. The number of carbonyl (C=O) groups excluding carboxylic acids is 1. The second-order valence-corrected chi connectivity index (χ2v) is 8.43. The van der Waals surface area contributed by atoms with Gasteiger partial charge in [0, 0.05) is 30.7 Å². The Kier molecular flexibility index (Phi) is 4.19. The summed E-state index contributed by atoms with van der Waals surface area (Å²) in [5, 5.41) is 12.3. The summed E-state index contributed by atoms with van der Waals surface area (Å²) in [4.78, 5) is 21.1. The maximum absolute atomic E-state index is 12.4. The highest BCUT2D eigenvalue weighted by molar-refractivity contribution is 7.09. The van der Waals surface area contributed by atoms with E-state index < -0.39 is 5.41 Å². The normalized spacial score (nSPS) is 23.1. The van der Waals surface area contributed by atoms with Crippen LogP contribution in [0, 0.1) is 22.2 Å². The Balaban J connectivity index is 1.54. The van der Waals surface area contributed by atoms with E-state index in [1.54, 1.807) is 25.2 Å². The molecule has 23 heavy (non-hydrogen) atoms. The zero-order chi connectivity index (χ0) is 16.7. The van der Waals surface area contributed by atoms with E-state index in [1.165, 1.54) is 6.42 Å². The lowest BCUT2D eigenvalue weighted by Gasteiger charge is -2.36. The average Bonchev–Trinajstić information content (AvgIpc) is 2.99. The fourth-order valence-electron chi connectivity index (χ4n) is 3.74. The van der Waals surface area contributed by atoms with Crippen LogP contribution in [-0.4, -0.2) is 46.9 Å². The second-order valence-electron chi connectivity index (χ2n) is 7.45. The van der Waals surface area contributed by atoms with Gasteiger partial charge >= 0.3 is 0 Å². The molecule has 0 N–H and O–H groups in total. The number of aromatic nitrogens is 1. The number of rotatable bonds is 4. The number of carbonyl (C=O) groups is 1. The monoisotopic (exact) mass is 332 g/mol. The third-order valence-electron chi connectivity index (χ3n) is 5.41. The highest BCUT2D eigenvalue weighted by atomic mass is 32.1. The summed E-state index contributed by atoms with van der Waals surface area (Å²) in [6, 6.07) is 2.73. The van der Waals surface area contributed by atoms with Crippen LogP contribution in [-0.2, 0) is 11.3 Å². The summed E-state index contributed by atoms with van der Waals surface area (Å²) in [6.45, 7) is 5.90. The van der Waals surface area contributed by atoms with E-state index in [0.29, 0.717) is 11.5 Å². The highest BCUT2D eigenvalue weighted by Crippen LogP contribution is 2.56. The van der Waals surface area contributed by atoms with Crippen LogP contribution in [0.25, 0.3) is 0 Å². The Morgan fingerprint density at radius 1 is 1.57 bits per heavy atom. The fourth-order valence-corrected chi connectivity index (χ4v) is 4.42. The smallest absolute Gasteiger partial charge is 0.242 e. The molecule has 1 amide bonds. The first-order valence-corrected chi connectivity index (χ1v) is 9.05. The summed E-state index contributed by atoms with van der Waals surface area (Å²) in [5.41, 5.74) is -0.533. The summed E-state index contributed by atoms with van der Waals surface area (Å²) in [5.74, 6) is -0.0248. The number of thiazole rings is 1. The minimum Gasteiger partial charge on any atom is -0.341 e. The lowest BCUT2D eigenvalue weighted by molar-refractivity contribution is -0.139. The van der Waals surface area contributed by atoms with Gasteiger partial charge in [-0.05, 0) is 45.6 Å². The van der Waals surface area contributed by atoms with Crippen LogP contribution in [0.4, 0.5) is 0 Å². The van der Waals surface area contributed by atoms with Crippen molar-refractivity contribution in [2.75, 3.05) is 20.1 Å². The van der Waals surface area contributed by atoms with Gasteiger partial charge in [-0.15, -0.1) is 11.3 Å². The molecule has 2 fully saturated rings. The summed E-state index contributed by atoms with van der Waals surface area (Å²) in [7, 11) is 2.18. The van der Waals surface area contributed by atoms with Crippen LogP contribution in [0.2, 0.25) is 0 Å². The third kappa shape index (κ3) is 3.13. The van der Waals surface area contributed by atoms with Crippen molar-refractivity contribution in [3.8, 4) is 6.07 Å². The van der Waals surface area contributed by atoms with Crippen molar-refractivity contribution in [1.82, 2.24) is 14.8 Å². The lowest BCUT2D eigenvalue weighted by Crippen LogP contribution is -2.46. The third-order valence-corrected chi connectivity index (χ3v) is 6.17. The van der Waals surface area contributed by atoms with Gasteiger partial charge in [0.2, 0.25) is 5.91 Å². The number of nitriles is 1. The van der Waals surface area contributed by atoms with Crippen LogP contribution in [0.5, 0.6) is 0 Å². The van der Waals surface area contributed by atoms with Crippen molar-refractivity contribution >= 4 is 17.2 Å². The maximum atomic E-state index is 12.4. The van der Waals surface area contributed by atoms with Crippen molar-refractivity contribution < 1.29 is 4.79 Å². The van der Waals surface area contributed by atoms with E-state index in [0.717, 1.165) is 37.5 Å². The molecular formula is C17H24N4OS. The summed E-state index contributed by atoms with van der Waals surface area (Å²) in [6.07, 6.45) is 5.18. The Morgan fingerprint density at radius 3 is 2.83 bits per heavy atom. The van der Waals surface area contributed by atoms with Crippen molar-refractivity contribution in [3.63, 3.8) is 0 Å². The molecule has 2 heterocycles. The molecule has 6 heteroatoms. The maximum Gasteiger partial charge on any atom is 0.242 e. The first kappa shape index (κ1) is 16.4. The number of likely N-dealkylation sites (tertiary alicyclic amines) is 1. The van der Waals surface area contributed by atoms with Gasteiger partial charge in [0.1, 0.15) is 10.4 Å². The number of amides is 1. The first-order valence-electron chi connectivity index (χ1n) is 8.17. The zero-order valence-corrected chi connectivity index (χ0v) is 14.9. The van der Waals surface area contributed by atoms with Gasteiger partial charge in [0.15, 0.2) is 0 Å². The van der Waals surface area contributed by atoms with Crippen molar-refractivity contribution in [1.29, 1.82) is 5.26 Å².